The second-order valence-electron chi connectivity index (χ2n) is 6.59. The van der Waals surface area contributed by atoms with Crippen LogP contribution in [0, 0.1) is 6.92 Å². The summed E-state index contributed by atoms with van der Waals surface area (Å²) in [6.45, 7) is 2.71. The molecule has 29 heavy (non-hydrogen) atoms. The van der Waals surface area contributed by atoms with Gasteiger partial charge in [0.2, 0.25) is 0 Å². The van der Waals surface area contributed by atoms with Gasteiger partial charge in [-0.1, -0.05) is 48.5 Å². The van der Waals surface area contributed by atoms with Crippen LogP contribution in [-0.2, 0) is 6.54 Å². The number of fused-ring (bicyclic) bond motifs is 1. The van der Waals surface area contributed by atoms with Crippen LogP contribution in [0.25, 0.3) is 22.3 Å². The zero-order valence-corrected chi connectivity index (χ0v) is 17.3. The van der Waals surface area contributed by atoms with E-state index in [2.05, 4.69) is 38.3 Å². The van der Waals surface area contributed by atoms with E-state index in [1.807, 2.05) is 54.8 Å². The first-order chi connectivity index (χ1) is 14.3. The fraction of sp³-hybridized carbons (Fsp3) is 0.0909. The van der Waals surface area contributed by atoms with Gasteiger partial charge in [0.25, 0.3) is 0 Å². The molecule has 0 radical (unpaired) electrons. The number of benzene rings is 2. The molecule has 7 heteroatoms. The van der Waals surface area contributed by atoms with Crippen molar-refractivity contribution in [2.75, 3.05) is 0 Å². The maximum atomic E-state index is 4.87. The molecule has 2 aromatic carbocycles. The third-order valence-electron chi connectivity index (χ3n) is 4.62. The van der Waals surface area contributed by atoms with Crippen molar-refractivity contribution >= 4 is 34.0 Å². The van der Waals surface area contributed by atoms with E-state index in [9.17, 15) is 0 Å². The van der Waals surface area contributed by atoms with Gasteiger partial charge >= 0.3 is 0 Å². The highest BCUT2D eigenvalue weighted by Crippen LogP contribution is 2.33. The number of thiophene rings is 1. The molecule has 0 bridgehead atoms. The Kier molecular flexibility index (Phi) is 4.83. The summed E-state index contributed by atoms with van der Waals surface area (Å²) in [6.07, 6.45) is 0. The van der Waals surface area contributed by atoms with Gasteiger partial charge in [-0.25, -0.2) is 9.97 Å². The lowest BCUT2D eigenvalue weighted by Crippen LogP contribution is -2.04. The maximum Gasteiger partial charge on any atom is 0.197 e. The topological polar surface area (TPSA) is 56.5 Å². The molecule has 0 aliphatic rings. The molecule has 0 N–H and O–H groups in total. The average molecular weight is 416 g/mol. The van der Waals surface area contributed by atoms with Crippen molar-refractivity contribution in [3.05, 3.63) is 82.8 Å². The highest BCUT2D eigenvalue weighted by molar-refractivity contribution is 7.99. The van der Waals surface area contributed by atoms with Gasteiger partial charge in [-0.05, 0) is 41.8 Å². The van der Waals surface area contributed by atoms with Crippen molar-refractivity contribution in [2.24, 2.45) is 0 Å². The lowest BCUT2D eigenvalue weighted by atomic mass is 10.2. The second kappa shape index (κ2) is 7.77. The van der Waals surface area contributed by atoms with Gasteiger partial charge in [-0.2, -0.15) is 11.3 Å². The van der Waals surface area contributed by atoms with Crippen molar-refractivity contribution in [1.82, 2.24) is 24.7 Å². The third kappa shape index (κ3) is 3.66. The molecule has 0 atom stereocenters. The highest BCUT2D eigenvalue weighted by atomic mass is 32.2. The number of rotatable bonds is 5. The number of hydrogen-bond acceptors (Lipinski definition) is 6. The lowest BCUT2D eigenvalue weighted by molar-refractivity contribution is 0.688. The smallest absolute Gasteiger partial charge is 0.197 e. The highest BCUT2D eigenvalue weighted by Gasteiger charge is 2.16. The molecule has 0 aliphatic carbocycles. The van der Waals surface area contributed by atoms with Crippen LogP contribution < -0.4 is 0 Å². The third-order valence-corrected chi connectivity index (χ3v) is 6.29. The van der Waals surface area contributed by atoms with Crippen LogP contribution >= 0.6 is 23.1 Å². The Balaban J connectivity index is 1.57. The van der Waals surface area contributed by atoms with Crippen molar-refractivity contribution in [1.29, 1.82) is 0 Å². The Labute approximate surface area is 176 Å². The van der Waals surface area contributed by atoms with Gasteiger partial charge in [0.15, 0.2) is 11.0 Å². The summed E-state index contributed by atoms with van der Waals surface area (Å²) in [5.41, 5.74) is 3.17. The van der Waals surface area contributed by atoms with Crippen molar-refractivity contribution in [2.45, 2.75) is 23.7 Å². The van der Waals surface area contributed by atoms with Crippen LogP contribution in [0.3, 0.4) is 0 Å². The largest absolute Gasteiger partial charge is 0.301 e. The Bertz CT molecular complexity index is 1260. The van der Waals surface area contributed by atoms with Gasteiger partial charge in [0.1, 0.15) is 10.9 Å². The van der Waals surface area contributed by atoms with Crippen LogP contribution in [0.15, 0.2) is 81.6 Å². The molecule has 0 amide bonds. The van der Waals surface area contributed by atoms with Crippen LogP contribution in [0.2, 0.25) is 0 Å². The SMILES string of the molecule is Cc1nnc(Sc2nc(-c3ccsc3)nc3ccccc23)n1Cc1ccccc1. The van der Waals surface area contributed by atoms with Crippen LogP contribution in [-0.4, -0.2) is 24.7 Å². The minimum absolute atomic E-state index is 0.725. The van der Waals surface area contributed by atoms with E-state index in [0.29, 0.717) is 0 Å². The quantitative estimate of drug-likeness (QED) is 0.357. The number of nitrogens with zero attached hydrogens (tertiary/aromatic N) is 5. The molecule has 142 valence electrons. The predicted molar refractivity (Wildman–Crippen MR) is 117 cm³/mol. The predicted octanol–water partition coefficient (Wildman–Crippen LogP) is 5.46. The van der Waals surface area contributed by atoms with E-state index >= 15 is 0 Å². The van der Waals surface area contributed by atoms with Gasteiger partial charge in [-0.15, -0.1) is 10.2 Å². The molecule has 5 nitrogen and oxygen atoms in total. The first kappa shape index (κ1) is 18.0. The molecule has 0 aliphatic heterocycles. The van der Waals surface area contributed by atoms with Gasteiger partial charge in [0, 0.05) is 16.3 Å². The summed E-state index contributed by atoms with van der Waals surface area (Å²) < 4.78 is 2.13. The minimum atomic E-state index is 0.725. The van der Waals surface area contributed by atoms with E-state index in [1.54, 1.807) is 11.3 Å². The van der Waals surface area contributed by atoms with E-state index < -0.39 is 0 Å². The fourth-order valence-electron chi connectivity index (χ4n) is 3.12. The fourth-order valence-corrected chi connectivity index (χ4v) is 4.73. The average Bonchev–Trinajstić information content (AvgIpc) is 3.41. The summed E-state index contributed by atoms with van der Waals surface area (Å²) in [5, 5.41) is 15.6. The number of aromatic nitrogens is 5. The van der Waals surface area contributed by atoms with Crippen molar-refractivity contribution in [3.8, 4) is 11.4 Å². The Hall–Kier alpha value is -3.03. The molecule has 0 unspecified atom stereocenters. The number of hydrogen-bond donors (Lipinski definition) is 0. The van der Waals surface area contributed by atoms with Gasteiger partial charge in [0.05, 0.1) is 12.1 Å². The number of para-hydroxylation sites is 1. The molecule has 0 saturated heterocycles. The van der Waals surface area contributed by atoms with E-state index in [0.717, 1.165) is 44.8 Å². The summed E-state index contributed by atoms with van der Waals surface area (Å²) >= 11 is 3.18. The molecule has 3 aromatic heterocycles. The zero-order chi connectivity index (χ0) is 19.6. The Morgan fingerprint density at radius 2 is 1.76 bits per heavy atom. The van der Waals surface area contributed by atoms with E-state index in [4.69, 9.17) is 9.97 Å². The summed E-state index contributed by atoms with van der Waals surface area (Å²) in [5.74, 6) is 1.62. The van der Waals surface area contributed by atoms with Gasteiger partial charge in [-0.3, -0.25) is 0 Å². The van der Waals surface area contributed by atoms with Gasteiger partial charge < -0.3 is 4.57 Å². The summed E-state index contributed by atoms with van der Waals surface area (Å²) in [4.78, 5) is 9.63. The molecule has 0 spiro atoms. The molecular formula is C22H17N5S2. The summed E-state index contributed by atoms with van der Waals surface area (Å²) in [6, 6.07) is 20.5. The zero-order valence-electron chi connectivity index (χ0n) is 15.7. The first-order valence-electron chi connectivity index (χ1n) is 9.19. The minimum Gasteiger partial charge on any atom is -0.301 e. The Morgan fingerprint density at radius 3 is 2.59 bits per heavy atom. The molecule has 5 aromatic rings. The lowest BCUT2D eigenvalue weighted by Gasteiger charge is -2.10. The molecular weight excluding hydrogens is 398 g/mol. The van der Waals surface area contributed by atoms with Crippen LogP contribution in [0.5, 0.6) is 0 Å². The molecule has 0 fully saturated rings. The van der Waals surface area contributed by atoms with Crippen LogP contribution in [0.1, 0.15) is 11.4 Å². The monoisotopic (exact) mass is 415 g/mol. The molecule has 0 saturated carbocycles. The van der Waals surface area contributed by atoms with E-state index in [-0.39, 0.29) is 0 Å². The van der Waals surface area contributed by atoms with Crippen molar-refractivity contribution in [3.63, 3.8) is 0 Å². The maximum absolute atomic E-state index is 4.87. The van der Waals surface area contributed by atoms with Crippen molar-refractivity contribution < 1.29 is 0 Å². The standard InChI is InChI=1S/C22H17N5S2/c1-15-25-26-22(27(15)13-16-7-3-2-4-8-16)29-21-18-9-5-6-10-19(18)23-20(24-21)17-11-12-28-14-17/h2-12,14H,13H2,1H3. The molecule has 3 heterocycles. The summed E-state index contributed by atoms with van der Waals surface area (Å²) in [7, 11) is 0. The van der Waals surface area contributed by atoms with E-state index in [1.165, 1.54) is 17.3 Å². The Morgan fingerprint density at radius 1 is 0.931 bits per heavy atom. The molecule has 5 rings (SSSR count). The number of aryl methyl sites for hydroxylation is 1. The second-order valence-corrected chi connectivity index (χ2v) is 8.32. The van der Waals surface area contributed by atoms with Crippen LogP contribution in [0.4, 0.5) is 0 Å². The normalized spacial score (nSPS) is 11.2. The first-order valence-corrected chi connectivity index (χ1v) is 10.9.